The van der Waals surface area contributed by atoms with E-state index in [-0.39, 0.29) is 11.9 Å². The van der Waals surface area contributed by atoms with Crippen LogP contribution in [0.4, 0.5) is 0 Å². The Bertz CT molecular complexity index is 315. The molecule has 0 fully saturated rings. The number of nitrogens with one attached hydrogen (secondary N) is 1. The van der Waals surface area contributed by atoms with Crippen LogP contribution in [0.3, 0.4) is 0 Å². The van der Waals surface area contributed by atoms with Crippen LogP contribution in [0, 0.1) is 0 Å². The van der Waals surface area contributed by atoms with Crippen LogP contribution in [0.2, 0.25) is 0 Å². The van der Waals surface area contributed by atoms with E-state index in [4.69, 9.17) is 9.47 Å². The number of phenolic OH excluding ortho intramolecular Hbond substituents is 1. The molecule has 0 saturated heterocycles. The molecule has 15 heavy (non-hydrogen) atoms. The van der Waals surface area contributed by atoms with E-state index in [2.05, 4.69) is 5.32 Å². The Labute approximate surface area is 89.8 Å². The average Bonchev–Trinajstić information content (AvgIpc) is 2.25. The summed E-state index contributed by atoms with van der Waals surface area (Å²) >= 11 is 0. The SMILES string of the molecule is CNCC(OC)c1ccc(OC)c(O)c1. The lowest BCUT2D eigenvalue weighted by Crippen LogP contribution is -2.18. The quantitative estimate of drug-likeness (QED) is 0.771. The highest BCUT2D eigenvalue weighted by molar-refractivity contribution is 5.42. The summed E-state index contributed by atoms with van der Waals surface area (Å²) < 4.78 is 10.3. The number of aromatic hydroxyl groups is 1. The first-order valence-corrected chi connectivity index (χ1v) is 4.77. The number of benzene rings is 1. The fourth-order valence-corrected chi connectivity index (χ4v) is 1.43. The Morgan fingerprint density at radius 3 is 2.60 bits per heavy atom. The number of hydrogen-bond acceptors (Lipinski definition) is 4. The van der Waals surface area contributed by atoms with Gasteiger partial charge in [-0.3, -0.25) is 0 Å². The maximum Gasteiger partial charge on any atom is 0.160 e. The van der Waals surface area contributed by atoms with Crippen molar-refractivity contribution in [1.29, 1.82) is 0 Å². The predicted molar refractivity (Wildman–Crippen MR) is 58.3 cm³/mol. The van der Waals surface area contributed by atoms with E-state index in [1.807, 2.05) is 13.1 Å². The fourth-order valence-electron chi connectivity index (χ4n) is 1.43. The second-order valence-corrected chi connectivity index (χ2v) is 3.21. The molecule has 0 aliphatic heterocycles. The van der Waals surface area contributed by atoms with E-state index in [0.29, 0.717) is 12.3 Å². The minimum atomic E-state index is -0.0631. The monoisotopic (exact) mass is 211 g/mol. The molecule has 84 valence electrons. The van der Waals surface area contributed by atoms with Crippen LogP contribution < -0.4 is 10.1 Å². The molecule has 0 bridgehead atoms. The molecule has 0 aliphatic rings. The molecule has 1 aromatic carbocycles. The van der Waals surface area contributed by atoms with E-state index in [0.717, 1.165) is 5.56 Å². The molecule has 0 aliphatic carbocycles. The lowest BCUT2D eigenvalue weighted by atomic mass is 10.1. The van der Waals surface area contributed by atoms with Gasteiger partial charge in [-0.1, -0.05) is 6.07 Å². The van der Waals surface area contributed by atoms with Gasteiger partial charge in [0, 0.05) is 13.7 Å². The van der Waals surface area contributed by atoms with Crippen molar-refractivity contribution < 1.29 is 14.6 Å². The van der Waals surface area contributed by atoms with Crippen molar-refractivity contribution >= 4 is 0 Å². The van der Waals surface area contributed by atoms with Gasteiger partial charge in [0.2, 0.25) is 0 Å². The molecule has 1 unspecified atom stereocenters. The van der Waals surface area contributed by atoms with Crippen molar-refractivity contribution in [2.75, 3.05) is 27.8 Å². The summed E-state index contributed by atoms with van der Waals surface area (Å²) in [5.41, 5.74) is 0.921. The van der Waals surface area contributed by atoms with Crippen LogP contribution in [0.5, 0.6) is 11.5 Å². The van der Waals surface area contributed by atoms with Crippen molar-refractivity contribution in [3.8, 4) is 11.5 Å². The standard InChI is InChI=1S/C11H17NO3/c1-12-7-11(15-3)8-4-5-10(14-2)9(13)6-8/h4-6,11-13H,7H2,1-3H3. The molecule has 4 heteroatoms. The first-order valence-electron chi connectivity index (χ1n) is 4.77. The Morgan fingerprint density at radius 2 is 2.13 bits per heavy atom. The second kappa shape index (κ2) is 5.58. The van der Waals surface area contributed by atoms with Gasteiger partial charge in [0.25, 0.3) is 0 Å². The first kappa shape index (κ1) is 11.8. The summed E-state index contributed by atoms with van der Waals surface area (Å²) in [4.78, 5) is 0. The zero-order valence-corrected chi connectivity index (χ0v) is 9.28. The minimum Gasteiger partial charge on any atom is -0.504 e. The van der Waals surface area contributed by atoms with Crippen LogP contribution in [-0.4, -0.2) is 32.9 Å². The first-order chi connectivity index (χ1) is 7.22. The molecule has 0 radical (unpaired) electrons. The molecule has 2 N–H and O–H groups in total. The van der Waals surface area contributed by atoms with Crippen molar-refractivity contribution in [2.24, 2.45) is 0 Å². The van der Waals surface area contributed by atoms with Crippen molar-refractivity contribution in [3.63, 3.8) is 0 Å². The number of methoxy groups -OCH3 is 2. The summed E-state index contributed by atoms with van der Waals surface area (Å²) in [6, 6.07) is 5.26. The molecule has 4 nitrogen and oxygen atoms in total. The van der Waals surface area contributed by atoms with E-state index in [1.54, 1.807) is 19.2 Å². The highest BCUT2D eigenvalue weighted by atomic mass is 16.5. The number of ether oxygens (including phenoxy) is 2. The van der Waals surface area contributed by atoms with Crippen LogP contribution in [0.25, 0.3) is 0 Å². The molecule has 1 atom stereocenters. The van der Waals surface area contributed by atoms with Gasteiger partial charge in [-0.25, -0.2) is 0 Å². The molecule has 1 rings (SSSR count). The van der Waals surface area contributed by atoms with Crippen LogP contribution in [-0.2, 0) is 4.74 Å². The Morgan fingerprint density at radius 1 is 1.40 bits per heavy atom. The van der Waals surface area contributed by atoms with Gasteiger partial charge in [0.05, 0.1) is 13.2 Å². The maximum atomic E-state index is 9.60. The topological polar surface area (TPSA) is 50.7 Å². The van der Waals surface area contributed by atoms with Crippen LogP contribution >= 0.6 is 0 Å². The molecule has 0 spiro atoms. The van der Waals surface area contributed by atoms with Gasteiger partial charge in [0.1, 0.15) is 0 Å². The van der Waals surface area contributed by atoms with E-state index >= 15 is 0 Å². The summed E-state index contributed by atoms with van der Waals surface area (Å²) in [5.74, 6) is 0.603. The number of rotatable bonds is 5. The summed E-state index contributed by atoms with van der Waals surface area (Å²) in [6.07, 6.45) is -0.0631. The average molecular weight is 211 g/mol. The Kier molecular flexibility index (Phi) is 4.39. The third-order valence-electron chi connectivity index (χ3n) is 2.25. The molecule has 0 aromatic heterocycles. The molecule has 0 amide bonds. The smallest absolute Gasteiger partial charge is 0.160 e. The van der Waals surface area contributed by atoms with Gasteiger partial charge in [-0.05, 0) is 24.7 Å². The molecule has 0 heterocycles. The van der Waals surface area contributed by atoms with E-state index in [9.17, 15) is 5.11 Å². The summed E-state index contributed by atoms with van der Waals surface area (Å²) in [6.45, 7) is 0.697. The highest BCUT2D eigenvalue weighted by Crippen LogP contribution is 2.29. The molecular weight excluding hydrogens is 194 g/mol. The lowest BCUT2D eigenvalue weighted by Gasteiger charge is -2.16. The number of likely N-dealkylation sites (N-methyl/N-ethyl adjacent to an activating group) is 1. The minimum absolute atomic E-state index is 0.0631. The van der Waals surface area contributed by atoms with E-state index in [1.165, 1.54) is 7.11 Å². The van der Waals surface area contributed by atoms with Gasteiger partial charge in [0.15, 0.2) is 11.5 Å². The van der Waals surface area contributed by atoms with Crippen molar-refractivity contribution in [2.45, 2.75) is 6.10 Å². The Hall–Kier alpha value is -1.26. The molecule has 0 saturated carbocycles. The summed E-state index contributed by atoms with van der Waals surface area (Å²) in [7, 11) is 5.02. The highest BCUT2D eigenvalue weighted by Gasteiger charge is 2.11. The fraction of sp³-hybridized carbons (Fsp3) is 0.455. The van der Waals surface area contributed by atoms with Crippen LogP contribution in [0.15, 0.2) is 18.2 Å². The van der Waals surface area contributed by atoms with Crippen molar-refractivity contribution in [1.82, 2.24) is 5.32 Å². The summed E-state index contributed by atoms with van der Waals surface area (Å²) in [5, 5.41) is 12.6. The maximum absolute atomic E-state index is 9.60. The van der Waals surface area contributed by atoms with Gasteiger partial charge in [-0.15, -0.1) is 0 Å². The van der Waals surface area contributed by atoms with Gasteiger partial charge in [-0.2, -0.15) is 0 Å². The van der Waals surface area contributed by atoms with Gasteiger partial charge >= 0.3 is 0 Å². The zero-order valence-electron chi connectivity index (χ0n) is 9.28. The Balaban J connectivity index is 2.89. The third kappa shape index (κ3) is 2.84. The molecule has 1 aromatic rings. The van der Waals surface area contributed by atoms with Crippen LogP contribution in [0.1, 0.15) is 11.7 Å². The lowest BCUT2D eigenvalue weighted by molar-refractivity contribution is 0.104. The number of phenols is 1. The van der Waals surface area contributed by atoms with E-state index < -0.39 is 0 Å². The third-order valence-corrected chi connectivity index (χ3v) is 2.25. The van der Waals surface area contributed by atoms with Crippen molar-refractivity contribution in [3.05, 3.63) is 23.8 Å². The largest absolute Gasteiger partial charge is 0.504 e. The number of hydrogen-bond donors (Lipinski definition) is 2. The predicted octanol–water partition coefficient (Wildman–Crippen LogP) is 1.31. The normalized spacial score (nSPS) is 12.5. The second-order valence-electron chi connectivity index (χ2n) is 3.21. The molecular formula is C11H17NO3. The van der Waals surface area contributed by atoms with Gasteiger partial charge < -0.3 is 19.9 Å². The zero-order chi connectivity index (χ0) is 11.3.